The zero-order valence-corrected chi connectivity index (χ0v) is 17.7. The predicted octanol–water partition coefficient (Wildman–Crippen LogP) is 3.72. The molecule has 1 aliphatic rings. The molecule has 1 aliphatic heterocycles. The van der Waals surface area contributed by atoms with Gasteiger partial charge in [0.1, 0.15) is 17.3 Å². The van der Waals surface area contributed by atoms with Crippen molar-refractivity contribution in [1.29, 1.82) is 0 Å². The first kappa shape index (κ1) is 21.1. The lowest BCUT2D eigenvalue weighted by Gasteiger charge is -2.26. The van der Waals surface area contributed by atoms with Gasteiger partial charge in [0, 0.05) is 24.5 Å². The number of hydrogen-bond acceptors (Lipinski definition) is 6. The highest BCUT2D eigenvalue weighted by Gasteiger charge is 2.47. The first-order valence-electron chi connectivity index (χ1n) is 10.0. The SMILES string of the molecule is COc1ccccc1/C(O)=C1\C(=O)C(=O)N(Cc2cccnc2)C1c1ccccc1OC. The number of ether oxygens (including phenoxy) is 2. The Labute approximate surface area is 185 Å². The lowest BCUT2D eigenvalue weighted by atomic mass is 9.94. The van der Waals surface area contributed by atoms with Gasteiger partial charge in [0.2, 0.25) is 0 Å². The summed E-state index contributed by atoms with van der Waals surface area (Å²) < 4.78 is 10.9. The van der Waals surface area contributed by atoms with Crippen molar-refractivity contribution in [3.63, 3.8) is 0 Å². The molecule has 0 spiro atoms. The Morgan fingerprint density at radius 1 is 0.969 bits per heavy atom. The number of carbonyl (C=O) groups excluding carboxylic acids is 2. The summed E-state index contributed by atoms with van der Waals surface area (Å²) in [6.07, 6.45) is 3.27. The molecule has 0 aliphatic carbocycles. The number of aliphatic hydroxyl groups excluding tert-OH is 1. The number of aromatic nitrogens is 1. The van der Waals surface area contributed by atoms with Crippen LogP contribution in [0.25, 0.3) is 5.76 Å². The van der Waals surface area contributed by atoms with E-state index in [2.05, 4.69) is 4.98 Å². The molecule has 1 saturated heterocycles. The largest absolute Gasteiger partial charge is 0.507 e. The van der Waals surface area contributed by atoms with E-state index in [0.717, 1.165) is 5.56 Å². The molecule has 0 radical (unpaired) electrons. The van der Waals surface area contributed by atoms with Gasteiger partial charge in [0.15, 0.2) is 0 Å². The molecule has 7 heteroatoms. The number of aliphatic hydroxyl groups is 1. The smallest absolute Gasteiger partial charge is 0.295 e. The second kappa shape index (κ2) is 8.93. The van der Waals surface area contributed by atoms with Crippen LogP contribution in [0.4, 0.5) is 0 Å². The van der Waals surface area contributed by atoms with Gasteiger partial charge >= 0.3 is 0 Å². The monoisotopic (exact) mass is 430 g/mol. The topological polar surface area (TPSA) is 89.0 Å². The Kier molecular flexibility index (Phi) is 5.89. The quantitative estimate of drug-likeness (QED) is 0.364. The Bertz CT molecular complexity index is 1190. The second-order valence-electron chi connectivity index (χ2n) is 7.23. The maximum absolute atomic E-state index is 13.2. The van der Waals surface area contributed by atoms with Crippen molar-refractivity contribution in [1.82, 2.24) is 9.88 Å². The molecule has 1 N–H and O–H groups in total. The maximum Gasteiger partial charge on any atom is 0.295 e. The Morgan fingerprint density at radius 3 is 2.34 bits per heavy atom. The number of amides is 1. The fraction of sp³-hybridized carbons (Fsp3) is 0.160. The van der Waals surface area contributed by atoms with Crippen molar-refractivity contribution in [2.75, 3.05) is 14.2 Å². The molecule has 0 bridgehead atoms. The van der Waals surface area contributed by atoms with Crippen molar-refractivity contribution in [3.05, 3.63) is 95.3 Å². The molecule has 4 rings (SSSR count). The van der Waals surface area contributed by atoms with Gasteiger partial charge in [-0.05, 0) is 29.8 Å². The summed E-state index contributed by atoms with van der Waals surface area (Å²) >= 11 is 0. The predicted molar refractivity (Wildman–Crippen MR) is 118 cm³/mol. The first-order valence-corrected chi connectivity index (χ1v) is 10.0. The lowest BCUT2D eigenvalue weighted by Crippen LogP contribution is -2.29. The van der Waals surface area contributed by atoms with Crippen LogP contribution in [0.1, 0.15) is 22.7 Å². The minimum atomic E-state index is -0.851. The van der Waals surface area contributed by atoms with Crippen LogP contribution >= 0.6 is 0 Å². The molecule has 1 unspecified atom stereocenters. The highest BCUT2D eigenvalue weighted by atomic mass is 16.5. The number of nitrogens with zero attached hydrogens (tertiary/aromatic N) is 2. The van der Waals surface area contributed by atoms with Crippen LogP contribution in [0, 0.1) is 0 Å². The van der Waals surface area contributed by atoms with E-state index in [4.69, 9.17) is 9.47 Å². The Balaban J connectivity index is 1.93. The summed E-state index contributed by atoms with van der Waals surface area (Å²) in [5.74, 6) is -0.886. The Hall–Kier alpha value is -4.13. The first-order chi connectivity index (χ1) is 15.6. The van der Waals surface area contributed by atoms with E-state index in [-0.39, 0.29) is 17.9 Å². The van der Waals surface area contributed by atoms with Gasteiger partial charge in [-0.1, -0.05) is 36.4 Å². The number of para-hydroxylation sites is 2. The van der Waals surface area contributed by atoms with Gasteiger partial charge in [-0.2, -0.15) is 0 Å². The zero-order chi connectivity index (χ0) is 22.7. The maximum atomic E-state index is 13.2. The van der Waals surface area contributed by atoms with Crippen LogP contribution in [-0.4, -0.2) is 40.9 Å². The van der Waals surface area contributed by atoms with E-state index in [0.29, 0.717) is 22.6 Å². The standard InChI is InChI=1S/C25H22N2O5/c1-31-19-11-5-3-9-17(19)22-21(23(28)18-10-4-6-12-20(18)32-2)24(29)25(30)27(22)15-16-8-7-13-26-14-16/h3-14,22,28H,15H2,1-2H3/b23-21+. The third kappa shape index (κ3) is 3.69. The zero-order valence-electron chi connectivity index (χ0n) is 17.7. The fourth-order valence-electron chi connectivity index (χ4n) is 3.93. The van der Waals surface area contributed by atoms with Crippen molar-refractivity contribution in [2.45, 2.75) is 12.6 Å². The lowest BCUT2D eigenvalue weighted by molar-refractivity contribution is -0.140. The van der Waals surface area contributed by atoms with E-state index in [9.17, 15) is 14.7 Å². The van der Waals surface area contributed by atoms with Gasteiger partial charge in [-0.3, -0.25) is 14.6 Å². The van der Waals surface area contributed by atoms with E-state index in [1.54, 1.807) is 67.0 Å². The molecule has 1 amide bonds. The number of pyridine rings is 1. The molecule has 7 nitrogen and oxygen atoms in total. The van der Waals surface area contributed by atoms with E-state index >= 15 is 0 Å². The molecule has 2 heterocycles. The van der Waals surface area contributed by atoms with Gasteiger partial charge in [0.25, 0.3) is 11.7 Å². The molecule has 1 aromatic heterocycles. The number of methoxy groups -OCH3 is 2. The average molecular weight is 430 g/mol. The van der Waals surface area contributed by atoms with E-state index in [1.807, 2.05) is 6.07 Å². The summed E-state index contributed by atoms with van der Waals surface area (Å²) in [7, 11) is 3.00. The van der Waals surface area contributed by atoms with Crippen molar-refractivity contribution in [2.24, 2.45) is 0 Å². The molecule has 1 fully saturated rings. The van der Waals surface area contributed by atoms with Crippen LogP contribution in [-0.2, 0) is 16.1 Å². The van der Waals surface area contributed by atoms with Gasteiger partial charge < -0.3 is 19.5 Å². The number of rotatable bonds is 6. The number of carbonyl (C=O) groups is 2. The minimum absolute atomic E-state index is 0.0205. The third-order valence-corrected chi connectivity index (χ3v) is 5.41. The third-order valence-electron chi connectivity index (χ3n) is 5.41. The normalized spacial score (nSPS) is 17.4. The van der Waals surface area contributed by atoms with Crippen LogP contribution in [0.3, 0.4) is 0 Å². The molecule has 162 valence electrons. The number of ketones is 1. The van der Waals surface area contributed by atoms with Crippen molar-refractivity contribution >= 4 is 17.4 Å². The van der Waals surface area contributed by atoms with Crippen molar-refractivity contribution < 1.29 is 24.2 Å². The van der Waals surface area contributed by atoms with Crippen molar-refractivity contribution in [3.8, 4) is 11.5 Å². The average Bonchev–Trinajstić information content (AvgIpc) is 3.09. The van der Waals surface area contributed by atoms with Gasteiger partial charge in [-0.15, -0.1) is 0 Å². The fourth-order valence-corrected chi connectivity index (χ4v) is 3.93. The van der Waals surface area contributed by atoms with E-state index < -0.39 is 17.7 Å². The Morgan fingerprint density at radius 2 is 1.66 bits per heavy atom. The molecular weight excluding hydrogens is 408 g/mol. The highest BCUT2D eigenvalue weighted by Crippen LogP contribution is 2.44. The van der Waals surface area contributed by atoms with Crippen LogP contribution < -0.4 is 9.47 Å². The molecular formula is C25H22N2O5. The molecule has 0 saturated carbocycles. The number of likely N-dealkylation sites (tertiary alicyclic amines) is 1. The molecule has 3 aromatic rings. The van der Waals surface area contributed by atoms with Crippen LogP contribution in [0.2, 0.25) is 0 Å². The van der Waals surface area contributed by atoms with Gasteiger partial charge in [-0.25, -0.2) is 0 Å². The summed E-state index contributed by atoms with van der Waals surface area (Å²) in [4.78, 5) is 31.9. The molecule has 1 atom stereocenters. The minimum Gasteiger partial charge on any atom is -0.507 e. The van der Waals surface area contributed by atoms with Crippen LogP contribution in [0.5, 0.6) is 11.5 Å². The number of Topliss-reactive ketones (excluding diaryl/α,β-unsaturated/α-hetero) is 1. The second-order valence-corrected chi connectivity index (χ2v) is 7.23. The summed E-state index contributed by atoms with van der Waals surface area (Å²) in [5, 5.41) is 11.2. The van der Waals surface area contributed by atoms with Crippen LogP contribution in [0.15, 0.2) is 78.6 Å². The number of benzene rings is 2. The summed E-state index contributed by atoms with van der Waals surface area (Å²) in [6, 6.07) is 16.7. The molecule has 2 aromatic carbocycles. The molecule has 32 heavy (non-hydrogen) atoms. The summed E-state index contributed by atoms with van der Waals surface area (Å²) in [5.41, 5.74) is 1.66. The number of hydrogen-bond donors (Lipinski definition) is 1. The van der Waals surface area contributed by atoms with Gasteiger partial charge in [0.05, 0.1) is 31.4 Å². The highest BCUT2D eigenvalue weighted by molar-refractivity contribution is 6.46. The summed E-state index contributed by atoms with van der Waals surface area (Å²) in [6.45, 7) is 0.143. The van der Waals surface area contributed by atoms with E-state index in [1.165, 1.54) is 19.1 Å².